The molecule has 1 N–H and O–H groups in total. The molecule has 0 radical (unpaired) electrons. The Bertz CT molecular complexity index is 1230. The maximum Gasteiger partial charge on any atom is 0.238 e. The molecule has 5 rings (SSSR count). The second kappa shape index (κ2) is 10.2. The maximum absolute atomic E-state index is 13.6. The number of aromatic hydroxyl groups is 1. The van der Waals surface area contributed by atoms with Gasteiger partial charge in [0.05, 0.1) is 35.3 Å². The van der Waals surface area contributed by atoms with Gasteiger partial charge in [0.15, 0.2) is 0 Å². The number of amides is 2. The standard InChI is InChI=1S/C30H32ClNO4/c1-3-7-20-15-23-28(30(35)32(29(23)34)21-8-5-4-6-9-21)24-17-36-26(27(20)24)13-10-18(2)14-19-11-12-22(33)16-25(19)31/h4-6,8-9,11-12,14,16,23-24,26,28,33H,3,7,10,13,15,17H2,1-2H3/b18-14+/t23-,24+,26-,28-/m1/s1. The summed E-state index contributed by atoms with van der Waals surface area (Å²) in [7, 11) is 0. The van der Waals surface area contributed by atoms with Crippen molar-refractivity contribution in [2.24, 2.45) is 17.8 Å². The molecule has 6 heteroatoms. The Morgan fingerprint density at radius 1 is 1.14 bits per heavy atom. The Hall–Kier alpha value is -2.89. The third-order valence-corrected chi connectivity index (χ3v) is 8.09. The highest BCUT2D eigenvalue weighted by molar-refractivity contribution is 6.32. The summed E-state index contributed by atoms with van der Waals surface area (Å²) >= 11 is 6.28. The topological polar surface area (TPSA) is 66.8 Å². The van der Waals surface area contributed by atoms with Crippen LogP contribution in [0.25, 0.3) is 6.08 Å². The minimum Gasteiger partial charge on any atom is -0.508 e. The van der Waals surface area contributed by atoms with Gasteiger partial charge in [-0.2, -0.15) is 0 Å². The highest BCUT2D eigenvalue weighted by atomic mass is 35.5. The summed E-state index contributed by atoms with van der Waals surface area (Å²) in [5, 5.41) is 10.1. The van der Waals surface area contributed by atoms with Crippen LogP contribution in [-0.4, -0.2) is 29.6 Å². The SMILES string of the molecule is CCCC1=C2[C@@H](CC/C(C)=C/c3ccc(O)cc3Cl)OC[C@@H]2[C@@H]2C(=O)N(c3ccccc3)C(=O)[C@@H]2C1. The molecule has 0 aromatic heterocycles. The van der Waals surface area contributed by atoms with Gasteiger partial charge < -0.3 is 9.84 Å². The molecular formula is C30H32ClNO4. The Morgan fingerprint density at radius 3 is 2.64 bits per heavy atom. The molecule has 2 saturated heterocycles. The van der Waals surface area contributed by atoms with Crippen LogP contribution in [0.5, 0.6) is 5.75 Å². The number of allylic oxidation sites excluding steroid dienone is 2. The number of fused-ring (bicyclic) bond motifs is 3. The molecule has 2 aliphatic heterocycles. The summed E-state index contributed by atoms with van der Waals surface area (Å²) in [6, 6.07) is 14.3. The molecule has 5 nitrogen and oxygen atoms in total. The molecule has 3 aliphatic rings. The molecule has 0 spiro atoms. The smallest absolute Gasteiger partial charge is 0.238 e. The molecule has 2 amide bonds. The zero-order valence-electron chi connectivity index (χ0n) is 20.7. The zero-order valence-corrected chi connectivity index (χ0v) is 21.5. The number of carbonyl (C=O) groups is 2. The van der Waals surface area contributed by atoms with Crippen LogP contribution in [0.15, 0.2) is 65.3 Å². The van der Waals surface area contributed by atoms with Gasteiger partial charge in [-0.25, -0.2) is 0 Å². The van der Waals surface area contributed by atoms with E-state index in [1.54, 1.807) is 12.1 Å². The lowest BCUT2D eigenvalue weighted by molar-refractivity contribution is -0.122. The Labute approximate surface area is 217 Å². The monoisotopic (exact) mass is 505 g/mol. The van der Waals surface area contributed by atoms with E-state index in [0.717, 1.165) is 31.2 Å². The fourth-order valence-electron chi connectivity index (χ4n) is 6.17. The van der Waals surface area contributed by atoms with E-state index in [1.165, 1.54) is 21.6 Å². The molecule has 0 saturated carbocycles. The van der Waals surface area contributed by atoms with Crippen molar-refractivity contribution in [2.75, 3.05) is 11.5 Å². The van der Waals surface area contributed by atoms with Gasteiger partial charge in [0.2, 0.25) is 11.8 Å². The number of halogens is 1. The fourth-order valence-corrected chi connectivity index (χ4v) is 6.40. The summed E-state index contributed by atoms with van der Waals surface area (Å²) in [5.41, 5.74) is 5.28. The molecule has 4 atom stereocenters. The Morgan fingerprint density at radius 2 is 1.92 bits per heavy atom. The Kier molecular flexibility index (Phi) is 7.05. The summed E-state index contributed by atoms with van der Waals surface area (Å²) in [6.07, 6.45) is 6.23. The minimum atomic E-state index is -0.342. The Balaban J connectivity index is 1.37. The predicted molar refractivity (Wildman–Crippen MR) is 142 cm³/mol. The van der Waals surface area contributed by atoms with Gasteiger partial charge in [0, 0.05) is 5.92 Å². The largest absolute Gasteiger partial charge is 0.508 e. The molecule has 1 aliphatic carbocycles. The molecule has 2 heterocycles. The number of phenols is 1. The number of imide groups is 1. The van der Waals surface area contributed by atoms with Crippen molar-refractivity contribution in [3.63, 3.8) is 0 Å². The molecular weight excluding hydrogens is 474 g/mol. The van der Waals surface area contributed by atoms with Crippen LogP contribution in [0.2, 0.25) is 5.02 Å². The maximum atomic E-state index is 13.6. The summed E-state index contributed by atoms with van der Waals surface area (Å²) in [5.74, 6) is -0.680. The van der Waals surface area contributed by atoms with Crippen LogP contribution in [-0.2, 0) is 14.3 Å². The van der Waals surface area contributed by atoms with Crippen molar-refractivity contribution in [3.05, 3.63) is 75.8 Å². The van der Waals surface area contributed by atoms with Crippen LogP contribution < -0.4 is 4.90 Å². The molecule has 36 heavy (non-hydrogen) atoms. The number of anilines is 1. The number of nitrogens with zero attached hydrogens (tertiary/aromatic N) is 1. The minimum absolute atomic E-state index is 0.0312. The first kappa shape index (κ1) is 24.8. The zero-order chi connectivity index (χ0) is 25.4. The second-order valence-electron chi connectivity index (χ2n) is 10.2. The van der Waals surface area contributed by atoms with E-state index >= 15 is 0 Å². The van der Waals surface area contributed by atoms with Crippen LogP contribution >= 0.6 is 11.6 Å². The molecule has 0 bridgehead atoms. The first-order chi connectivity index (χ1) is 17.4. The van der Waals surface area contributed by atoms with Crippen LogP contribution in [0, 0.1) is 17.8 Å². The molecule has 0 unspecified atom stereocenters. The normalized spacial score (nSPS) is 26.0. The lowest BCUT2D eigenvalue weighted by atomic mass is 9.68. The number of hydrogen-bond acceptors (Lipinski definition) is 4. The van der Waals surface area contributed by atoms with Crippen molar-refractivity contribution in [3.8, 4) is 5.75 Å². The van der Waals surface area contributed by atoms with Crippen molar-refractivity contribution < 1.29 is 19.4 Å². The number of phenolic OH excluding ortho intramolecular Hbond substituents is 1. The summed E-state index contributed by atoms with van der Waals surface area (Å²) in [6.45, 7) is 4.72. The van der Waals surface area contributed by atoms with E-state index in [9.17, 15) is 14.7 Å². The second-order valence-corrected chi connectivity index (χ2v) is 10.6. The molecule has 2 aromatic carbocycles. The van der Waals surface area contributed by atoms with Crippen LogP contribution in [0.1, 0.15) is 51.5 Å². The van der Waals surface area contributed by atoms with Gasteiger partial charge in [-0.3, -0.25) is 14.5 Å². The van der Waals surface area contributed by atoms with Gasteiger partial charge in [-0.15, -0.1) is 0 Å². The number of carbonyl (C=O) groups excluding carboxylic acids is 2. The van der Waals surface area contributed by atoms with E-state index in [-0.39, 0.29) is 41.4 Å². The van der Waals surface area contributed by atoms with Crippen LogP contribution in [0.4, 0.5) is 5.69 Å². The average Bonchev–Trinajstić information content (AvgIpc) is 3.39. The van der Waals surface area contributed by atoms with Gasteiger partial charge in [-0.1, -0.05) is 60.4 Å². The number of hydrogen-bond donors (Lipinski definition) is 1. The first-order valence-corrected chi connectivity index (χ1v) is 13.2. The lowest BCUT2D eigenvalue weighted by Crippen LogP contribution is -2.34. The van der Waals surface area contributed by atoms with Crippen molar-refractivity contribution in [1.29, 1.82) is 0 Å². The highest BCUT2D eigenvalue weighted by Crippen LogP contribution is 2.51. The van der Waals surface area contributed by atoms with Crippen molar-refractivity contribution in [1.82, 2.24) is 0 Å². The van der Waals surface area contributed by atoms with E-state index in [4.69, 9.17) is 16.3 Å². The van der Waals surface area contributed by atoms with E-state index in [2.05, 4.69) is 13.8 Å². The number of para-hydroxylation sites is 1. The highest BCUT2D eigenvalue weighted by Gasteiger charge is 2.57. The van der Waals surface area contributed by atoms with E-state index < -0.39 is 0 Å². The van der Waals surface area contributed by atoms with Crippen molar-refractivity contribution >= 4 is 35.2 Å². The third kappa shape index (κ3) is 4.51. The van der Waals surface area contributed by atoms with Crippen LogP contribution in [0.3, 0.4) is 0 Å². The van der Waals surface area contributed by atoms with Crippen molar-refractivity contribution in [2.45, 2.75) is 52.1 Å². The third-order valence-electron chi connectivity index (χ3n) is 7.76. The van der Waals surface area contributed by atoms with Gasteiger partial charge in [-0.05, 0) is 74.1 Å². The quantitative estimate of drug-likeness (QED) is 0.342. The summed E-state index contributed by atoms with van der Waals surface area (Å²) in [4.78, 5) is 28.4. The number of benzene rings is 2. The fraction of sp³-hybridized carbons (Fsp3) is 0.400. The average molecular weight is 506 g/mol. The lowest BCUT2D eigenvalue weighted by Gasteiger charge is -2.31. The van der Waals surface area contributed by atoms with E-state index in [0.29, 0.717) is 23.7 Å². The van der Waals surface area contributed by atoms with E-state index in [1.807, 2.05) is 42.5 Å². The van der Waals surface area contributed by atoms with Gasteiger partial charge in [0.25, 0.3) is 0 Å². The molecule has 2 aromatic rings. The molecule has 2 fully saturated rings. The van der Waals surface area contributed by atoms with Gasteiger partial charge in [0.1, 0.15) is 5.75 Å². The first-order valence-electron chi connectivity index (χ1n) is 12.8. The molecule has 188 valence electrons. The number of ether oxygens (including phenoxy) is 1. The predicted octanol–water partition coefficient (Wildman–Crippen LogP) is 6.55. The number of rotatable bonds is 7. The summed E-state index contributed by atoms with van der Waals surface area (Å²) < 4.78 is 6.32. The van der Waals surface area contributed by atoms with Gasteiger partial charge >= 0.3 is 0 Å².